The maximum absolute atomic E-state index is 10.6. The third-order valence-electron chi connectivity index (χ3n) is 5.92. The molecule has 2 fully saturated rings. The third kappa shape index (κ3) is 6.54. The van der Waals surface area contributed by atoms with Gasteiger partial charge in [-0.2, -0.15) is 0 Å². The van der Waals surface area contributed by atoms with E-state index in [2.05, 4.69) is 0 Å². The molecule has 7 nitrogen and oxygen atoms in total. The maximum atomic E-state index is 10.6. The molecule has 0 spiro atoms. The van der Waals surface area contributed by atoms with Crippen molar-refractivity contribution in [2.24, 2.45) is 17.8 Å². The van der Waals surface area contributed by atoms with Crippen LogP contribution in [-0.2, 0) is 14.3 Å². The predicted octanol–water partition coefficient (Wildman–Crippen LogP) is 2.18. The number of aliphatic hydroxyl groups excluding tert-OH is 2. The number of carbonyl (C=O) groups is 1. The van der Waals surface area contributed by atoms with Crippen LogP contribution < -0.4 is 4.74 Å². The fourth-order valence-corrected chi connectivity index (χ4v) is 4.29. The van der Waals surface area contributed by atoms with E-state index in [-0.39, 0.29) is 37.1 Å². The summed E-state index contributed by atoms with van der Waals surface area (Å²) in [4.78, 5) is 10.6. The van der Waals surface area contributed by atoms with Crippen LogP contribution in [-0.4, -0.2) is 66.0 Å². The van der Waals surface area contributed by atoms with Crippen molar-refractivity contribution in [3.8, 4) is 5.75 Å². The number of rotatable bonds is 9. The zero-order valence-electron chi connectivity index (χ0n) is 17.4. The number of aliphatic carboxylic acids is 1. The van der Waals surface area contributed by atoms with Crippen molar-refractivity contribution in [1.29, 1.82) is 0 Å². The number of ether oxygens (including phenoxy) is 3. The molecule has 1 saturated heterocycles. The fourth-order valence-electron chi connectivity index (χ4n) is 4.29. The second kappa shape index (κ2) is 10.9. The van der Waals surface area contributed by atoms with E-state index in [9.17, 15) is 15.0 Å². The van der Waals surface area contributed by atoms with Crippen LogP contribution in [0.2, 0.25) is 0 Å². The van der Waals surface area contributed by atoms with Gasteiger partial charge in [0, 0.05) is 18.3 Å². The highest BCUT2D eigenvalue weighted by atomic mass is 16.5. The van der Waals surface area contributed by atoms with E-state index < -0.39 is 18.2 Å². The van der Waals surface area contributed by atoms with E-state index in [1.165, 1.54) is 0 Å². The SMILES string of the molecule is Cc1ccc(OC[C@H](O)C=C[C@@H]2[C@H]3CC[C@H](COCC(=O)O)CO[C@H]3C[C@H]2O)cc1. The number of fused-ring (bicyclic) bond motifs is 1. The molecule has 166 valence electrons. The molecule has 0 unspecified atom stereocenters. The topological polar surface area (TPSA) is 105 Å². The molecule has 0 radical (unpaired) electrons. The Kier molecular flexibility index (Phi) is 8.27. The molecule has 3 rings (SSSR count). The van der Waals surface area contributed by atoms with Crippen LogP contribution in [0.5, 0.6) is 5.75 Å². The molecule has 0 aromatic heterocycles. The molecule has 1 aromatic rings. The quantitative estimate of drug-likeness (QED) is 0.526. The number of hydrogen-bond acceptors (Lipinski definition) is 6. The molecule has 0 bridgehead atoms. The summed E-state index contributed by atoms with van der Waals surface area (Å²) in [5.41, 5.74) is 1.15. The van der Waals surface area contributed by atoms with Crippen molar-refractivity contribution >= 4 is 5.97 Å². The lowest BCUT2D eigenvalue weighted by Gasteiger charge is -2.21. The smallest absolute Gasteiger partial charge is 0.329 e. The first-order chi connectivity index (χ1) is 14.4. The average Bonchev–Trinajstić information content (AvgIpc) is 2.87. The highest BCUT2D eigenvalue weighted by Gasteiger charge is 2.43. The molecule has 1 heterocycles. The average molecular weight is 421 g/mol. The maximum Gasteiger partial charge on any atom is 0.329 e. The first-order valence-electron chi connectivity index (χ1n) is 10.6. The Morgan fingerprint density at radius 1 is 1.30 bits per heavy atom. The van der Waals surface area contributed by atoms with Crippen LogP contribution in [0.1, 0.15) is 24.8 Å². The van der Waals surface area contributed by atoms with Crippen molar-refractivity contribution in [3.63, 3.8) is 0 Å². The van der Waals surface area contributed by atoms with Gasteiger partial charge in [0.25, 0.3) is 0 Å². The molecule has 1 saturated carbocycles. The van der Waals surface area contributed by atoms with Crippen LogP contribution in [0.25, 0.3) is 0 Å². The number of benzene rings is 1. The molecule has 2 aliphatic rings. The number of aryl methyl sites for hydroxylation is 1. The van der Waals surface area contributed by atoms with Crippen LogP contribution in [0.3, 0.4) is 0 Å². The first-order valence-corrected chi connectivity index (χ1v) is 10.6. The fraction of sp³-hybridized carbons (Fsp3) is 0.609. The van der Waals surface area contributed by atoms with Crippen molar-refractivity contribution in [1.82, 2.24) is 0 Å². The Morgan fingerprint density at radius 3 is 2.80 bits per heavy atom. The molecule has 1 aromatic carbocycles. The molecule has 1 aliphatic carbocycles. The minimum Gasteiger partial charge on any atom is -0.491 e. The van der Waals surface area contributed by atoms with E-state index >= 15 is 0 Å². The second-order valence-electron chi connectivity index (χ2n) is 8.34. The van der Waals surface area contributed by atoms with E-state index in [0.717, 1.165) is 18.4 Å². The van der Waals surface area contributed by atoms with Gasteiger partial charge in [0.15, 0.2) is 0 Å². The monoisotopic (exact) mass is 420 g/mol. The zero-order valence-corrected chi connectivity index (χ0v) is 17.4. The molecular weight excluding hydrogens is 388 g/mol. The van der Waals surface area contributed by atoms with E-state index in [0.29, 0.717) is 25.4 Å². The molecule has 1 aliphatic heterocycles. The zero-order chi connectivity index (χ0) is 21.5. The van der Waals surface area contributed by atoms with Gasteiger partial charge in [-0.1, -0.05) is 29.8 Å². The Labute approximate surface area is 177 Å². The van der Waals surface area contributed by atoms with Gasteiger partial charge in [0.05, 0.1) is 25.4 Å². The summed E-state index contributed by atoms with van der Waals surface area (Å²) in [7, 11) is 0. The summed E-state index contributed by atoms with van der Waals surface area (Å²) in [6, 6.07) is 7.66. The van der Waals surface area contributed by atoms with Gasteiger partial charge in [0.1, 0.15) is 25.1 Å². The largest absolute Gasteiger partial charge is 0.491 e. The summed E-state index contributed by atoms with van der Waals surface area (Å²) in [5, 5.41) is 29.4. The van der Waals surface area contributed by atoms with E-state index in [1.54, 1.807) is 6.08 Å². The minimum atomic E-state index is -0.973. The van der Waals surface area contributed by atoms with E-state index in [1.807, 2.05) is 37.3 Å². The molecule has 0 amide bonds. The lowest BCUT2D eigenvalue weighted by molar-refractivity contribution is -0.143. The first kappa shape index (κ1) is 22.7. The van der Waals surface area contributed by atoms with Crippen LogP contribution in [0, 0.1) is 24.7 Å². The molecule has 6 atom stereocenters. The molecule has 7 heteroatoms. The highest BCUT2D eigenvalue weighted by molar-refractivity contribution is 5.67. The summed E-state index contributed by atoms with van der Waals surface area (Å²) in [6.07, 6.45) is 4.59. The number of aliphatic hydroxyl groups is 2. The molecule has 3 N–H and O–H groups in total. The van der Waals surface area contributed by atoms with Gasteiger partial charge in [-0.3, -0.25) is 0 Å². The molecule has 30 heavy (non-hydrogen) atoms. The summed E-state index contributed by atoms with van der Waals surface area (Å²) in [6.45, 7) is 2.73. The second-order valence-corrected chi connectivity index (χ2v) is 8.34. The van der Waals surface area contributed by atoms with Crippen LogP contribution in [0.15, 0.2) is 36.4 Å². The van der Waals surface area contributed by atoms with Gasteiger partial charge in [0.2, 0.25) is 0 Å². The van der Waals surface area contributed by atoms with Crippen LogP contribution in [0.4, 0.5) is 0 Å². The molecular formula is C23H32O7. The highest BCUT2D eigenvalue weighted by Crippen LogP contribution is 2.41. The lowest BCUT2D eigenvalue weighted by atomic mass is 9.87. The third-order valence-corrected chi connectivity index (χ3v) is 5.92. The Bertz CT molecular complexity index is 702. The summed E-state index contributed by atoms with van der Waals surface area (Å²) in [5.74, 6) is -0.0131. The van der Waals surface area contributed by atoms with Gasteiger partial charge in [-0.15, -0.1) is 0 Å². The van der Waals surface area contributed by atoms with Gasteiger partial charge in [-0.05, 0) is 37.8 Å². The summed E-state index contributed by atoms with van der Waals surface area (Å²) < 4.78 is 16.8. The van der Waals surface area contributed by atoms with Crippen molar-refractivity contribution in [3.05, 3.63) is 42.0 Å². The van der Waals surface area contributed by atoms with Crippen molar-refractivity contribution in [2.75, 3.05) is 26.4 Å². The van der Waals surface area contributed by atoms with Gasteiger partial charge in [-0.25, -0.2) is 4.79 Å². The standard InChI is InChI=1S/C23H32O7/c1-15-2-6-18(7-3-15)29-13-17(24)5-9-19-20-8-4-16(11-28-14-23(26)27)12-30-22(20)10-21(19)25/h2-3,5-7,9,16-17,19-22,24-25H,4,8,10-14H2,1H3,(H,26,27)/t16-,17-,19-,20-,21-,22+/m1/s1. The minimum absolute atomic E-state index is 0.0277. The van der Waals surface area contributed by atoms with Crippen LogP contribution >= 0.6 is 0 Å². The Morgan fingerprint density at radius 2 is 2.07 bits per heavy atom. The van der Waals surface area contributed by atoms with Crippen molar-refractivity contribution < 1.29 is 34.3 Å². The van der Waals surface area contributed by atoms with Gasteiger partial charge < -0.3 is 29.5 Å². The number of carboxylic acids is 1. The van der Waals surface area contributed by atoms with Gasteiger partial charge >= 0.3 is 5.97 Å². The predicted molar refractivity (Wildman–Crippen MR) is 110 cm³/mol. The normalized spacial score (nSPS) is 30.0. The Balaban J connectivity index is 1.48. The Hall–Kier alpha value is -1.93. The lowest BCUT2D eigenvalue weighted by Crippen LogP contribution is -2.22. The number of hydrogen-bond donors (Lipinski definition) is 3. The van der Waals surface area contributed by atoms with E-state index in [4.69, 9.17) is 19.3 Å². The van der Waals surface area contributed by atoms with Crippen molar-refractivity contribution in [2.45, 2.75) is 44.5 Å². The number of carboxylic acid groups (broad SMARTS) is 1. The summed E-state index contributed by atoms with van der Waals surface area (Å²) >= 11 is 0.